The number of hydrogen-bond acceptors (Lipinski definition) is 4. The fourth-order valence-electron chi connectivity index (χ4n) is 2.07. The highest BCUT2D eigenvalue weighted by Crippen LogP contribution is 2.29. The van der Waals surface area contributed by atoms with Gasteiger partial charge in [-0.3, -0.25) is 0 Å². The molecule has 0 radical (unpaired) electrons. The second kappa shape index (κ2) is 4.19. The number of aliphatic hydroxyl groups excluding tert-OH is 1. The third-order valence-corrected chi connectivity index (χ3v) is 3.81. The van der Waals surface area contributed by atoms with E-state index in [1.54, 1.807) is 0 Å². The van der Waals surface area contributed by atoms with Crippen molar-refractivity contribution in [3.05, 3.63) is 33.9 Å². The molecule has 0 saturated carbocycles. The molecule has 0 bridgehead atoms. The molecule has 2 aromatic heterocycles. The summed E-state index contributed by atoms with van der Waals surface area (Å²) < 4.78 is 0. The Morgan fingerprint density at radius 2 is 2.11 bits per heavy atom. The maximum atomic E-state index is 9.13. The van der Waals surface area contributed by atoms with Gasteiger partial charge in [0.15, 0.2) is 0 Å². The van der Waals surface area contributed by atoms with Gasteiger partial charge in [0.1, 0.15) is 10.8 Å². The lowest BCUT2D eigenvalue weighted by atomic mass is 10.1. The molecule has 92 valence electrons. The summed E-state index contributed by atoms with van der Waals surface area (Å²) in [6.07, 6.45) is 0. The SMILES string of the molecule is Cc1nc2ccc(-c3nc(CO)sc3C)cc2[nH]1. The molecule has 2 heterocycles. The summed E-state index contributed by atoms with van der Waals surface area (Å²) in [5.74, 6) is 0.910. The van der Waals surface area contributed by atoms with Gasteiger partial charge in [-0.25, -0.2) is 9.97 Å². The minimum absolute atomic E-state index is 0.00306. The van der Waals surface area contributed by atoms with Gasteiger partial charge in [-0.1, -0.05) is 6.07 Å². The van der Waals surface area contributed by atoms with Crippen LogP contribution in [0.3, 0.4) is 0 Å². The molecule has 0 amide bonds. The molecule has 0 aliphatic carbocycles. The molecule has 0 saturated heterocycles. The Hall–Kier alpha value is -1.72. The number of hydrogen-bond donors (Lipinski definition) is 2. The van der Waals surface area contributed by atoms with Gasteiger partial charge in [-0.15, -0.1) is 11.3 Å². The lowest BCUT2D eigenvalue weighted by Gasteiger charge is -1.98. The highest BCUT2D eigenvalue weighted by Gasteiger charge is 2.10. The molecule has 5 heteroatoms. The lowest BCUT2D eigenvalue weighted by molar-refractivity contribution is 0.281. The van der Waals surface area contributed by atoms with Crippen LogP contribution >= 0.6 is 11.3 Å². The molecule has 3 aromatic rings. The number of aliphatic hydroxyl groups is 1. The van der Waals surface area contributed by atoms with E-state index in [0.29, 0.717) is 0 Å². The van der Waals surface area contributed by atoms with E-state index in [-0.39, 0.29) is 6.61 Å². The van der Waals surface area contributed by atoms with Crippen molar-refractivity contribution in [3.63, 3.8) is 0 Å². The number of imidazole rings is 1. The molecule has 0 spiro atoms. The zero-order valence-electron chi connectivity index (χ0n) is 10.2. The van der Waals surface area contributed by atoms with Gasteiger partial charge in [0.25, 0.3) is 0 Å². The molecule has 18 heavy (non-hydrogen) atoms. The molecule has 0 unspecified atom stereocenters. The minimum atomic E-state index is -0.00306. The smallest absolute Gasteiger partial charge is 0.119 e. The Morgan fingerprint density at radius 1 is 1.28 bits per heavy atom. The Kier molecular flexibility index (Phi) is 2.65. The van der Waals surface area contributed by atoms with Crippen molar-refractivity contribution in [2.75, 3.05) is 0 Å². The lowest BCUT2D eigenvalue weighted by Crippen LogP contribution is -1.83. The van der Waals surface area contributed by atoms with E-state index in [1.807, 2.05) is 26.0 Å². The van der Waals surface area contributed by atoms with Crippen LogP contribution in [-0.4, -0.2) is 20.1 Å². The van der Waals surface area contributed by atoms with Crippen LogP contribution in [0.4, 0.5) is 0 Å². The van der Waals surface area contributed by atoms with E-state index in [2.05, 4.69) is 21.0 Å². The van der Waals surface area contributed by atoms with Crippen LogP contribution in [0, 0.1) is 13.8 Å². The highest BCUT2D eigenvalue weighted by molar-refractivity contribution is 7.12. The Morgan fingerprint density at radius 3 is 2.83 bits per heavy atom. The summed E-state index contributed by atoms with van der Waals surface area (Å²) >= 11 is 1.53. The molecule has 1 aromatic carbocycles. The summed E-state index contributed by atoms with van der Waals surface area (Å²) in [5, 5.41) is 9.88. The number of benzene rings is 1. The van der Waals surface area contributed by atoms with Crippen LogP contribution in [0.1, 0.15) is 15.7 Å². The van der Waals surface area contributed by atoms with Crippen molar-refractivity contribution in [1.29, 1.82) is 0 Å². The predicted molar refractivity (Wildman–Crippen MR) is 72.6 cm³/mol. The first-order valence-corrected chi connectivity index (χ1v) is 6.53. The van der Waals surface area contributed by atoms with Crippen LogP contribution in [0.5, 0.6) is 0 Å². The summed E-state index contributed by atoms with van der Waals surface area (Å²) in [4.78, 5) is 13.2. The topological polar surface area (TPSA) is 61.8 Å². The fourth-order valence-corrected chi connectivity index (χ4v) is 2.89. The minimum Gasteiger partial charge on any atom is -0.389 e. The monoisotopic (exact) mass is 259 g/mol. The number of H-pyrrole nitrogens is 1. The average Bonchev–Trinajstić information content (AvgIpc) is 2.89. The van der Waals surface area contributed by atoms with Crippen LogP contribution in [0.2, 0.25) is 0 Å². The predicted octanol–water partition coefficient (Wildman–Crippen LogP) is 2.80. The van der Waals surface area contributed by atoms with E-state index in [1.165, 1.54) is 11.3 Å². The number of aromatic nitrogens is 3. The number of nitrogens with zero attached hydrogens (tertiary/aromatic N) is 2. The van der Waals surface area contributed by atoms with Crippen molar-refractivity contribution in [2.45, 2.75) is 20.5 Å². The van der Waals surface area contributed by atoms with Crippen molar-refractivity contribution in [3.8, 4) is 11.3 Å². The maximum absolute atomic E-state index is 9.13. The van der Waals surface area contributed by atoms with E-state index in [9.17, 15) is 0 Å². The van der Waals surface area contributed by atoms with Gasteiger partial charge in [0.2, 0.25) is 0 Å². The van der Waals surface area contributed by atoms with Crippen LogP contribution < -0.4 is 0 Å². The molecule has 4 nitrogen and oxygen atoms in total. The summed E-state index contributed by atoms with van der Waals surface area (Å²) in [6.45, 7) is 3.96. The molecule has 0 aliphatic rings. The zero-order valence-corrected chi connectivity index (χ0v) is 11.0. The number of thiazole rings is 1. The van der Waals surface area contributed by atoms with Crippen LogP contribution in [0.15, 0.2) is 18.2 Å². The zero-order chi connectivity index (χ0) is 12.7. The number of aryl methyl sites for hydroxylation is 2. The Labute approximate surface area is 108 Å². The highest BCUT2D eigenvalue weighted by atomic mass is 32.1. The van der Waals surface area contributed by atoms with Gasteiger partial charge in [-0.2, -0.15) is 0 Å². The van der Waals surface area contributed by atoms with E-state index < -0.39 is 0 Å². The summed E-state index contributed by atoms with van der Waals surface area (Å²) in [5.41, 5.74) is 3.98. The summed E-state index contributed by atoms with van der Waals surface area (Å²) in [6, 6.07) is 6.07. The van der Waals surface area contributed by atoms with E-state index in [4.69, 9.17) is 5.11 Å². The third kappa shape index (κ3) is 1.81. The Balaban J connectivity index is 2.15. The number of fused-ring (bicyclic) bond motifs is 1. The van der Waals surface area contributed by atoms with Crippen LogP contribution in [0.25, 0.3) is 22.3 Å². The normalized spacial score (nSPS) is 11.3. The number of nitrogens with one attached hydrogen (secondary N) is 1. The number of rotatable bonds is 2. The average molecular weight is 259 g/mol. The van der Waals surface area contributed by atoms with Gasteiger partial charge in [0, 0.05) is 10.4 Å². The van der Waals surface area contributed by atoms with Crippen molar-refractivity contribution in [1.82, 2.24) is 15.0 Å². The molecule has 0 fully saturated rings. The molecular formula is C13H13N3OS. The van der Waals surface area contributed by atoms with Crippen LogP contribution in [-0.2, 0) is 6.61 Å². The maximum Gasteiger partial charge on any atom is 0.119 e. The van der Waals surface area contributed by atoms with Gasteiger partial charge < -0.3 is 10.1 Å². The molecule has 3 rings (SSSR count). The molecule has 0 aliphatic heterocycles. The number of aromatic amines is 1. The summed E-state index contributed by atoms with van der Waals surface area (Å²) in [7, 11) is 0. The standard InChI is InChI=1S/C13H13N3OS/c1-7-13(16-12(6-17)18-7)9-3-4-10-11(5-9)15-8(2)14-10/h3-5,17H,6H2,1-2H3,(H,14,15). The molecule has 2 N–H and O–H groups in total. The third-order valence-electron chi connectivity index (χ3n) is 2.85. The first-order valence-electron chi connectivity index (χ1n) is 5.71. The second-order valence-electron chi connectivity index (χ2n) is 4.22. The first kappa shape index (κ1) is 11.4. The van der Waals surface area contributed by atoms with E-state index in [0.717, 1.165) is 38.0 Å². The molecular weight excluding hydrogens is 246 g/mol. The largest absolute Gasteiger partial charge is 0.389 e. The molecule has 0 atom stereocenters. The van der Waals surface area contributed by atoms with Crippen molar-refractivity contribution in [2.24, 2.45) is 0 Å². The van der Waals surface area contributed by atoms with E-state index >= 15 is 0 Å². The van der Waals surface area contributed by atoms with Gasteiger partial charge >= 0.3 is 0 Å². The van der Waals surface area contributed by atoms with Gasteiger partial charge in [-0.05, 0) is 26.0 Å². The fraction of sp³-hybridized carbons (Fsp3) is 0.231. The van der Waals surface area contributed by atoms with Crippen molar-refractivity contribution < 1.29 is 5.11 Å². The Bertz CT molecular complexity index is 714. The first-order chi connectivity index (χ1) is 8.67. The second-order valence-corrected chi connectivity index (χ2v) is 5.51. The quantitative estimate of drug-likeness (QED) is 0.744. The van der Waals surface area contributed by atoms with Crippen molar-refractivity contribution >= 4 is 22.4 Å². The van der Waals surface area contributed by atoms with Gasteiger partial charge in [0.05, 0.1) is 23.3 Å².